The standard InChI is InChI=1S/C22H28N6O2S/c1-26(2)22-14-17(19-6-4-5-7-20(19)25-22)15-23-21-9-8-18(16-24-21)31(29,30)28-12-10-27(3)11-13-28/h4-9,14,16H,10-13,15H2,1-3H3,(H,23,24). The summed E-state index contributed by atoms with van der Waals surface area (Å²) in [5, 5.41) is 4.39. The molecular formula is C22H28N6O2S. The normalized spacial score (nSPS) is 15.8. The van der Waals surface area contributed by atoms with Crippen LogP contribution in [-0.4, -0.2) is 74.9 Å². The number of nitrogens with one attached hydrogen (secondary N) is 1. The smallest absolute Gasteiger partial charge is 0.244 e. The van der Waals surface area contributed by atoms with Gasteiger partial charge in [-0.25, -0.2) is 18.4 Å². The summed E-state index contributed by atoms with van der Waals surface area (Å²) in [7, 11) is 2.42. The van der Waals surface area contributed by atoms with Gasteiger partial charge in [0.25, 0.3) is 0 Å². The molecule has 0 radical (unpaired) electrons. The van der Waals surface area contributed by atoms with Crippen LogP contribution in [0.4, 0.5) is 11.6 Å². The molecule has 1 saturated heterocycles. The summed E-state index contributed by atoms with van der Waals surface area (Å²) in [6.07, 6.45) is 1.44. The maximum atomic E-state index is 12.9. The zero-order valence-electron chi connectivity index (χ0n) is 18.1. The van der Waals surface area contributed by atoms with Crippen molar-refractivity contribution >= 4 is 32.6 Å². The van der Waals surface area contributed by atoms with E-state index in [0.29, 0.717) is 25.5 Å². The minimum Gasteiger partial charge on any atom is -0.366 e. The number of aromatic nitrogens is 2. The molecule has 0 aliphatic carbocycles. The van der Waals surface area contributed by atoms with Crippen molar-refractivity contribution in [2.75, 3.05) is 57.5 Å². The summed E-state index contributed by atoms with van der Waals surface area (Å²) in [5.41, 5.74) is 2.04. The van der Waals surface area contributed by atoms with E-state index in [9.17, 15) is 8.42 Å². The van der Waals surface area contributed by atoms with Crippen LogP contribution in [0.15, 0.2) is 53.6 Å². The van der Waals surface area contributed by atoms with Gasteiger partial charge in [0.2, 0.25) is 10.0 Å². The average Bonchev–Trinajstić information content (AvgIpc) is 2.77. The van der Waals surface area contributed by atoms with Crippen molar-refractivity contribution in [3.05, 3.63) is 54.2 Å². The van der Waals surface area contributed by atoms with Crippen LogP contribution in [0.1, 0.15) is 5.56 Å². The summed E-state index contributed by atoms with van der Waals surface area (Å²) in [4.78, 5) is 13.4. The monoisotopic (exact) mass is 440 g/mol. The molecule has 1 N–H and O–H groups in total. The van der Waals surface area contributed by atoms with Crippen LogP contribution in [0.2, 0.25) is 0 Å². The van der Waals surface area contributed by atoms with E-state index < -0.39 is 10.0 Å². The van der Waals surface area contributed by atoms with E-state index in [4.69, 9.17) is 0 Å². The zero-order valence-corrected chi connectivity index (χ0v) is 18.9. The minimum atomic E-state index is -3.51. The van der Waals surface area contributed by atoms with Crippen molar-refractivity contribution in [2.45, 2.75) is 11.4 Å². The van der Waals surface area contributed by atoms with Gasteiger partial charge in [0.1, 0.15) is 16.5 Å². The van der Waals surface area contributed by atoms with Gasteiger partial charge in [0, 0.05) is 58.4 Å². The first-order valence-corrected chi connectivity index (χ1v) is 11.7. The number of sulfonamides is 1. The number of rotatable bonds is 6. The number of anilines is 2. The number of likely N-dealkylation sites (N-methyl/N-ethyl adjacent to an activating group) is 1. The van der Waals surface area contributed by atoms with E-state index in [0.717, 1.165) is 35.4 Å². The summed E-state index contributed by atoms with van der Waals surface area (Å²) in [6.45, 7) is 3.04. The van der Waals surface area contributed by atoms with E-state index in [1.165, 1.54) is 10.5 Å². The maximum absolute atomic E-state index is 12.9. The molecule has 164 valence electrons. The highest BCUT2D eigenvalue weighted by molar-refractivity contribution is 7.89. The van der Waals surface area contributed by atoms with E-state index in [1.807, 2.05) is 44.2 Å². The van der Waals surface area contributed by atoms with Crippen LogP contribution in [0, 0.1) is 0 Å². The van der Waals surface area contributed by atoms with Crippen molar-refractivity contribution in [1.29, 1.82) is 0 Å². The molecule has 1 aliphatic rings. The van der Waals surface area contributed by atoms with Gasteiger partial charge in [-0.15, -0.1) is 0 Å². The summed E-state index contributed by atoms with van der Waals surface area (Å²) < 4.78 is 27.3. The van der Waals surface area contributed by atoms with E-state index in [-0.39, 0.29) is 4.90 Å². The van der Waals surface area contributed by atoms with Gasteiger partial charge in [-0.05, 0) is 36.9 Å². The first-order valence-electron chi connectivity index (χ1n) is 10.3. The molecule has 2 aromatic heterocycles. The number of fused-ring (bicyclic) bond motifs is 1. The molecule has 0 spiro atoms. The number of benzene rings is 1. The predicted molar refractivity (Wildman–Crippen MR) is 124 cm³/mol. The highest BCUT2D eigenvalue weighted by Gasteiger charge is 2.27. The van der Waals surface area contributed by atoms with Crippen molar-refractivity contribution in [3.63, 3.8) is 0 Å². The molecule has 9 heteroatoms. The predicted octanol–water partition coefficient (Wildman–Crippen LogP) is 2.24. The summed E-state index contributed by atoms with van der Waals surface area (Å²) >= 11 is 0. The number of hydrogen-bond acceptors (Lipinski definition) is 7. The van der Waals surface area contributed by atoms with Crippen LogP contribution in [-0.2, 0) is 16.6 Å². The van der Waals surface area contributed by atoms with Gasteiger partial charge in [-0.3, -0.25) is 0 Å². The fraction of sp³-hybridized carbons (Fsp3) is 0.364. The van der Waals surface area contributed by atoms with Gasteiger partial charge >= 0.3 is 0 Å². The Hall–Kier alpha value is -2.75. The quantitative estimate of drug-likeness (QED) is 0.630. The van der Waals surface area contributed by atoms with Gasteiger partial charge < -0.3 is 15.1 Å². The molecule has 0 unspecified atom stereocenters. The van der Waals surface area contributed by atoms with E-state index in [1.54, 1.807) is 12.1 Å². The molecular weight excluding hydrogens is 412 g/mol. The minimum absolute atomic E-state index is 0.229. The second-order valence-electron chi connectivity index (χ2n) is 7.99. The number of hydrogen-bond donors (Lipinski definition) is 1. The van der Waals surface area contributed by atoms with Gasteiger partial charge in [-0.1, -0.05) is 18.2 Å². The lowest BCUT2D eigenvalue weighted by Crippen LogP contribution is -2.47. The summed E-state index contributed by atoms with van der Waals surface area (Å²) in [5.74, 6) is 1.52. The van der Waals surface area contributed by atoms with E-state index >= 15 is 0 Å². The number of piperazine rings is 1. The maximum Gasteiger partial charge on any atom is 0.244 e. The summed E-state index contributed by atoms with van der Waals surface area (Å²) in [6, 6.07) is 13.4. The SMILES string of the molecule is CN1CCN(S(=O)(=O)c2ccc(NCc3cc(N(C)C)nc4ccccc34)nc2)CC1. The number of para-hydroxylation sites is 1. The van der Waals surface area contributed by atoms with Crippen molar-refractivity contribution in [2.24, 2.45) is 0 Å². The van der Waals surface area contributed by atoms with Crippen LogP contribution in [0.3, 0.4) is 0 Å². The van der Waals surface area contributed by atoms with Gasteiger partial charge in [-0.2, -0.15) is 4.31 Å². The number of nitrogens with zero attached hydrogens (tertiary/aromatic N) is 5. The second-order valence-corrected chi connectivity index (χ2v) is 9.93. The first kappa shape index (κ1) is 21.5. The van der Waals surface area contributed by atoms with Crippen LogP contribution in [0.25, 0.3) is 10.9 Å². The lowest BCUT2D eigenvalue weighted by Gasteiger charge is -2.31. The molecule has 1 fully saturated rings. The van der Waals surface area contributed by atoms with Gasteiger partial charge in [0.05, 0.1) is 5.52 Å². The Balaban J connectivity index is 1.50. The average molecular weight is 441 g/mol. The Bertz CT molecular complexity index is 1160. The van der Waals surface area contributed by atoms with Crippen molar-refractivity contribution in [1.82, 2.24) is 19.2 Å². The molecule has 3 aromatic rings. The molecule has 0 atom stereocenters. The molecule has 31 heavy (non-hydrogen) atoms. The highest BCUT2D eigenvalue weighted by Crippen LogP contribution is 2.23. The van der Waals surface area contributed by atoms with E-state index in [2.05, 4.69) is 32.3 Å². The third-order valence-electron chi connectivity index (χ3n) is 5.54. The van der Waals surface area contributed by atoms with Crippen LogP contribution >= 0.6 is 0 Å². The molecule has 1 aliphatic heterocycles. The molecule has 0 amide bonds. The lowest BCUT2D eigenvalue weighted by atomic mass is 10.1. The van der Waals surface area contributed by atoms with Crippen LogP contribution < -0.4 is 10.2 Å². The highest BCUT2D eigenvalue weighted by atomic mass is 32.2. The molecule has 0 saturated carbocycles. The largest absolute Gasteiger partial charge is 0.366 e. The third-order valence-corrected chi connectivity index (χ3v) is 7.43. The molecule has 4 rings (SSSR count). The Kier molecular flexibility index (Phi) is 6.08. The topological polar surface area (TPSA) is 81.7 Å². The third kappa shape index (κ3) is 4.63. The van der Waals surface area contributed by atoms with Crippen molar-refractivity contribution in [3.8, 4) is 0 Å². The zero-order chi connectivity index (χ0) is 22.0. The molecule has 3 heterocycles. The molecule has 1 aromatic carbocycles. The lowest BCUT2D eigenvalue weighted by molar-refractivity contribution is 0.222. The van der Waals surface area contributed by atoms with Crippen molar-refractivity contribution < 1.29 is 8.42 Å². The van der Waals surface area contributed by atoms with Gasteiger partial charge in [0.15, 0.2) is 0 Å². The first-order chi connectivity index (χ1) is 14.8. The molecule has 8 nitrogen and oxygen atoms in total. The molecule has 0 bridgehead atoms. The Morgan fingerprint density at radius 1 is 1.06 bits per heavy atom. The fourth-order valence-electron chi connectivity index (χ4n) is 3.61. The Labute approximate surface area is 183 Å². The Morgan fingerprint density at radius 3 is 2.48 bits per heavy atom. The second kappa shape index (κ2) is 8.78. The number of pyridine rings is 2. The van der Waals surface area contributed by atoms with Crippen LogP contribution in [0.5, 0.6) is 0 Å². The Morgan fingerprint density at radius 2 is 1.81 bits per heavy atom. The fourth-order valence-corrected chi connectivity index (χ4v) is 4.98.